The van der Waals surface area contributed by atoms with Gasteiger partial charge >= 0.3 is 10.4 Å². The Morgan fingerprint density at radius 1 is 1.17 bits per heavy atom. The molecule has 110 valence electrons. The second kappa shape index (κ2) is 6.64. The molecule has 5 nitrogen and oxygen atoms in total. The van der Waals surface area contributed by atoms with Gasteiger partial charge in [0.05, 0.1) is 0 Å². The first-order chi connectivity index (χ1) is 6.98. The second-order valence-corrected chi connectivity index (χ2v) is 6.26. The molecule has 8 heteroatoms. The zero-order chi connectivity index (χ0) is 12.8. The fourth-order valence-corrected chi connectivity index (χ4v) is 2.90. The van der Waals surface area contributed by atoms with Crippen molar-refractivity contribution in [2.45, 2.75) is 40.0 Å². The molecule has 0 aliphatic heterocycles. The molecule has 0 heterocycles. The fraction of sp³-hybridized carbons (Fsp3) is 0.900. The molecule has 0 amide bonds. The molecule has 0 radical (unpaired) electrons. The van der Waals surface area contributed by atoms with Crippen LogP contribution in [-0.4, -0.2) is 23.3 Å². The van der Waals surface area contributed by atoms with Gasteiger partial charge in [-0.25, -0.2) is 0 Å². The van der Waals surface area contributed by atoms with Crippen molar-refractivity contribution in [3.8, 4) is 0 Å². The lowest BCUT2D eigenvalue weighted by molar-refractivity contribution is -0.128. The summed E-state index contributed by atoms with van der Waals surface area (Å²) in [5, 5.41) is 0. The summed E-state index contributed by atoms with van der Waals surface area (Å²) in [5.74, 6) is 1.19. The topological polar surface area (TPSA) is 91.7 Å². The van der Waals surface area contributed by atoms with Crippen LogP contribution >= 0.6 is 48.0 Å². The van der Waals surface area contributed by atoms with Gasteiger partial charge in [0.25, 0.3) is 0 Å². The SMILES string of the molecule is CC12CCC(CC1=O)C2(C)C.I.I.O=S(=O)(O)O. The Balaban J connectivity index is 0. The Morgan fingerprint density at radius 2 is 1.56 bits per heavy atom. The first-order valence-electron chi connectivity index (χ1n) is 5.21. The van der Waals surface area contributed by atoms with E-state index in [0.717, 1.165) is 12.8 Å². The molecule has 18 heavy (non-hydrogen) atoms. The number of halogens is 2. The molecule has 2 atom stereocenters. The minimum Gasteiger partial charge on any atom is -0.299 e. The molecule has 2 aliphatic rings. The Hall–Kier alpha value is 1.000. The van der Waals surface area contributed by atoms with Crippen LogP contribution < -0.4 is 0 Å². The Morgan fingerprint density at radius 3 is 1.67 bits per heavy atom. The van der Waals surface area contributed by atoms with E-state index in [2.05, 4.69) is 20.8 Å². The van der Waals surface area contributed by atoms with Gasteiger partial charge in [-0.05, 0) is 24.2 Å². The fourth-order valence-electron chi connectivity index (χ4n) is 2.90. The third-order valence-electron chi connectivity index (χ3n) is 4.48. The molecule has 0 spiro atoms. The predicted molar refractivity (Wildman–Crippen MR) is 89.2 cm³/mol. The molecule has 0 aromatic carbocycles. The van der Waals surface area contributed by atoms with E-state index in [1.165, 1.54) is 6.42 Å². The van der Waals surface area contributed by atoms with Crippen LogP contribution in [-0.2, 0) is 15.2 Å². The van der Waals surface area contributed by atoms with Crippen LogP contribution in [0.15, 0.2) is 0 Å². The summed E-state index contributed by atoms with van der Waals surface area (Å²) < 4.78 is 31.6. The standard InChI is InChI=1S/C10H16O.2HI.H2O4S/c1-9(2)7-4-5-10(9,3)8(11)6-7;;;1-5(2,3)4/h7H,4-6H2,1-3H3;2*1H;(H2,1,2,3,4). The highest BCUT2D eigenvalue weighted by atomic mass is 127. The van der Waals surface area contributed by atoms with Crippen molar-refractivity contribution in [1.29, 1.82) is 0 Å². The number of carbonyl (C=O) groups excluding carboxylic acids is 1. The van der Waals surface area contributed by atoms with E-state index < -0.39 is 10.4 Å². The Labute approximate surface area is 142 Å². The Kier molecular flexibility index (Phi) is 7.85. The molecular formula is C10H20I2O5S. The van der Waals surface area contributed by atoms with Gasteiger partial charge in [0, 0.05) is 11.8 Å². The molecule has 2 N–H and O–H groups in total. The highest BCUT2D eigenvalue weighted by Gasteiger charge is 2.61. The third kappa shape index (κ3) is 4.25. The largest absolute Gasteiger partial charge is 0.394 e. The van der Waals surface area contributed by atoms with Crippen LogP contribution in [0, 0.1) is 16.7 Å². The molecule has 0 aromatic rings. The first kappa shape index (κ1) is 21.3. The van der Waals surface area contributed by atoms with Gasteiger partial charge in [-0.15, -0.1) is 48.0 Å². The summed E-state index contributed by atoms with van der Waals surface area (Å²) in [5.41, 5.74) is 0.307. The van der Waals surface area contributed by atoms with Crippen molar-refractivity contribution in [1.82, 2.24) is 0 Å². The molecule has 2 aliphatic carbocycles. The molecular weight excluding hydrogens is 486 g/mol. The van der Waals surface area contributed by atoms with Crippen molar-refractivity contribution in [3.63, 3.8) is 0 Å². The van der Waals surface area contributed by atoms with Gasteiger partial charge < -0.3 is 0 Å². The number of rotatable bonds is 0. The van der Waals surface area contributed by atoms with Crippen LogP contribution in [0.3, 0.4) is 0 Å². The van der Waals surface area contributed by atoms with Gasteiger partial charge in [0.1, 0.15) is 5.78 Å². The zero-order valence-electron chi connectivity index (χ0n) is 10.5. The van der Waals surface area contributed by atoms with E-state index in [9.17, 15) is 4.79 Å². The summed E-state index contributed by atoms with van der Waals surface area (Å²) in [7, 11) is -4.67. The number of hydrogen-bond donors (Lipinski definition) is 2. The predicted octanol–water partition coefficient (Wildman–Crippen LogP) is 2.98. The van der Waals surface area contributed by atoms with E-state index in [1.807, 2.05) is 0 Å². The minimum absolute atomic E-state index is 0. The van der Waals surface area contributed by atoms with Crippen LogP contribution in [0.2, 0.25) is 0 Å². The summed E-state index contributed by atoms with van der Waals surface area (Å²) in [6.45, 7) is 6.67. The molecule has 2 rings (SSSR count). The average Bonchev–Trinajstić information content (AvgIpc) is 2.33. The van der Waals surface area contributed by atoms with Crippen molar-refractivity contribution in [2.75, 3.05) is 0 Å². The van der Waals surface area contributed by atoms with Gasteiger partial charge in [0.15, 0.2) is 0 Å². The van der Waals surface area contributed by atoms with Crippen molar-refractivity contribution in [2.24, 2.45) is 16.7 Å². The van der Waals surface area contributed by atoms with Gasteiger partial charge in [-0.3, -0.25) is 13.9 Å². The quantitative estimate of drug-likeness (QED) is 0.390. The number of Topliss-reactive ketones (excluding diaryl/α,β-unsaturated/α-hetero) is 1. The third-order valence-corrected chi connectivity index (χ3v) is 4.48. The van der Waals surface area contributed by atoms with Crippen LogP contribution in [0.5, 0.6) is 0 Å². The Bertz CT molecular complexity index is 398. The second-order valence-electron chi connectivity index (χ2n) is 5.36. The normalized spacial score (nSPS) is 31.8. The minimum atomic E-state index is -4.67. The molecule has 0 aromatic heterocycles. The van der Waals surface area contributed by atoms with Crippen molar-refractivity contribution in [3.05, 3.63) is 0 Å². The molecule has 0 saturated heterocycles. The summed E-state index contributed by atoms with van der Waals surface area (Å²) in [6, 6.07) is 0. The lowest BCUT2D eigenvalue weighted by atomic mass is 9.70. The van der Waals surface area contributed by atoms with Gasteiger partial charge in [-0.2, -0.15) is 8.42 Å². The van der Waals surface area contributed by atoms with Crippen molar-refractivity contribution >= 4 is 64.1 Å². The summed E-state index contributed by atoms with van der Waals surface area (Å²) >= 11 is 0. The molecule has 2 saturated carbocycles. The van der Waals surface area contributed by atoms with E-state index in [4.69, 9.17) is 17.5 Å². The summed E-state index contributed by atoms with van der Waals surface area (Å²) in [4.78, 5) is 11.6. The monoisotopic (exact) mass is 506 g/mol. The van der Waals surface area contributed by atoms with Crippen LogP contribution in [0.1, 0.15) is 40.0 Å². The lowest BCUT2D eigenvalue weighted by Gasteiger charge is -2.32. The van der Waals surface area contributed by atoms with E-state index in [1.54, 1.807) is 0 Å². The number of hydrogen-bond acceptors (Lipinski definition) is 3. The van der Waals surface area contributed by atoms with E-state index >= 15 is 0 Å². The van der Waals surface area contributed by atoms with Gasteiger partial charge in [0.2, 0.25) is 0 Å². The molecule has 2 fully saturated rings. The smallest absolute Gasteiger partial charge is 0.299 e. The lowest BCUT2D eigenvalue weighted by Crippen LogP contribution is -2.32. The number of fused-ring (bicyclic) bond motifs is 2. The molecule has 2 unspecified atom stereocenters. The maximum Gasteiger partial charge on any atom is 0.394 e. The zero-order valence-corrected chi connectivity index (χ0v) is 16.0. The average molecular weight is 506 g/mol. The highest BCUT2D eigenvalue weighted by molar-refractivity contribution is 14.0. The molecule has 2 bridgehead atoms. The highest BCUT2D eigenvalue weighted by Crippen LogP contribution is 2.63. The van der Waals surface area contributed by atoms with Crippen molar-refractivity contribution < 1.29 is 22.3 Å². The van der Waals surface area contributed by atoms with E-state index in [0.29, 0.717) is 11.7 Å². The van der Waals surface area contributed by atoms with Gasteiger partial charge in [-0.1, -0.05) is 20.8 Å². The van der Waals surface area contributed by atoms with Crippen LogP contribution in [0.25, 0.3) is 0 Å². The first-order valence-corrected chi connectivity index (χ1v) is 6.61. The summed E-state index contributed by atoms with van der Waals surface area (Å²) in [6.07, 6.45) is 3.25. The maximum atomic E-state index is 11.6. The maximum absolute atomic E-state index is 11.6. The van der Waals surface area contributed by atoms with E-state index in [-0.39, 0.29) is 58.8 Å². The number of ketones is 1. The number of carbonyl (C=O) groups is 1. The van der Waals surface area contributed by atoms with Crippen LogP contribution in [0.4, 0.5) is 0 Å².